The van der Waals surface area contributed by atoms with Gasteiger partial charge in [-0.15, -0.1) is 11.3 Å². The summed E-state index contributed by atoms with van der Waals surface area (Å²) in [5.41, 5.74) is 0. The summed E-state index contributed by atoms with van der Waals surface area (Å²) in [6, 6.07) is 2.11. The van der Waals surface area contributed by atoms with E-state index < -0.39 is 0 Å². The molecule has 2 aromatic rings. The molecular formula is C13H16N6OS. The van der Waals surface area contributed by atoms with Crippen LogP contribution in [0.15, 0.2) is 30.2 Å². The first-order valence-corrected chi connectivity index (χ1v) is 7.67. The number of aromatic nitrogens is 3. The molecule has 8 heteroatoms. The zero-order chi connectivity index (χ0) is 14.5. The first-order chi connectivity index (χ1) is 10.3. The molecule has 0 atom stereocenters. The Balaban J connectivity index is 1.47. The third kappa shape index (κ3) is 3.66. The van der Waals surface area contributed by atoms with Crippen molar-refractivity contribution < 1.29 is 4.79 Å². The number of carbonyl (C=O) groups excluding carboxylic acids is 1. The van der Waals surface area contributed by atoms with E-state index in [4.69, 9.17) is 0 Å². The largest absolute Gasteiger partial charge is 0.367 e. The second-order valence-corrected chi connectivity index (χ2v) is 5.66. The molecule has 0 unspecified atom stereocenters. The van der Waals surface area contributed by atoms with E-state index in [1.165, 1.54) is 17.7 Å². The van der Waals surface area contributed by atoms with Gasteiger partial charge in [0.15, 0.2) is 5.13 Å². The topological polar surface area (TPSA) is 83.0 Å². The van der Waals surface area contributed by atoms with Crippen LogP contribution < -0.4 is 10.6 Å². The summed E-state index contributed by atoms with van der Waals surface area (Å²) >= 11 is 1.42. The molecule has 1 fully saturated rings. The molecule has 0 radical (unpaired) electrons. The zero-order valence-electron chi connectivity index (χ0n) is 11.4. The van der Waals surface area contributed by atoms with E-state index in [2.05, 4.69) is 25.6 Å². The molecule has 1 saturated heterocycles. The molecule has 2 aromatic heterocycles. The van der Waals surface area contributed by atoms with Gasteiger partial charge >= 0.3 is 6.03 Å². The molecule has 2 amide bonds. The number of carbonyl (C=O) groups is 1. The van der Waals surface area contributed by atoms with Crippen LogP contribution in [0.5, 0.6) is 0 Å². The lowest BCUT2D eigenvalue weighted by atomic mass is 10.1. The van der Waals surface area contributed by atoms with Crippen molar-refractivity contribution in [3.05, 3.63) is 30.2 Å². The molecule has 21 heavy (non-hydrogen) atoms. The number of nitrogens with zero attached hydrogens (tertiary/aromatic N) is 4. The lowest BCUT2D eigenvalue weighted by molar-refractivity contribution is 0.197. The van der Waals surface area contributed by atoms with E-state index in [1.807, 2.05) is 16.3 Å². The number of hydrogen-bond donors (Lipinski definition) is 2. The van der Waals surface area contributed by atoms with Gasteiger partial charge in [-0.1, -0.05) is 0 Å². The highest BCUT2D eigenvalue weighted by Gasteiger charge is 2.23. The number of amides is 2. The van der Waals surface area contributed by atoms with Crippen LogP contribution in [0.4, 0.5) is 15.7 Å². The molecule has 0 aliphatic carbocycles. The molecule has 1 aliphatic rings. The molecule has 0 spiro atoms. The number of thiazole rings is 1. The van der Waals surface area contributed by atoms with Crippen LogP contribution in [0.3, 0.4) is 0 Å². The van der Waals surface area contributed by atoms with Gasteiger partial charge in [-0.05, 0) is 18.9 Å². The Bertz CT molecular complexity index is 568. The van der Waals surface area contributed by atoms with Gasteiger partial charge in [-0.3, -0.25) is 5.32 Å². The van der Waals surface area contributed by atoms with Crippen LogP contribution >= 0.6 is 11.3 Å². The monoisotopic (exact) mass is 304 g/mol. The SMILES string of the molecule is O=C(Nc1nccs1)N1CCC(Nc2ccncn2)CC1. The molecular weight excluding hydrogens is 288 g/mol. The molecule has 0 bridgehead atoms. The van der Waals surface area contributed by atoms with Crippen molar-refractivity contribution >= 4 is 28.3 Å². The van der Waals surface area contributed by atoms with Crippen LogP contribution in [0.1, 0.15) is 12.8 Å². The zero-order valence-corrected chi connectivity index (χ0v) is 12.2. The lowest BCUT2D eigenvalue weighted by Crippen LogP contribution is -2.44. The molecule has 2 N–H and O–H groups in total. The molecule has 3 heterocycles. The molecule has 0 aromatic carbocycles. The van der Waals surface area contributed by atoms with E-state index in [0.29, 0.717) is 11.2 Å². The lowest BCUT2D eigenvalue weighted by Gasteiger charge is -2.32. The Morgan fingerprint density at radius 1 is 1.29 bits per heavy atom. The Morgan fingerprint density at radius 3 is 2.81 bits per heavy atom. The summed E-state index contributed by atoms with van der Waals surface area (Å²) in [5.74, 6) is 0.829. The van der Waals surface area contributed by atoms with E-state index in [9.17, 15) is 4.79 Å². The summed E-state index contributed by atoms with van der Waals surface area (Å²) in [7, 11) is 0. The van der Waals surface area contributed by atoms with Crippen molar-refractivity contribution in [2.24, 2.45) is 0 Å². The number of nitrogens with one attached hydrogen (secondary N) is 2. The predicted octanol–water partition coefficient (Wildman–Crippen LogP) is 2.04. The minimum absolute atomic E-state index is 0.0783. The summed E-state index contributed by atoms with van der Waals surface area (Å²) < 4.78 is 0. The van der Waals surface area contributed by atoms with Crippen molar-refractivity contribution in [1.82, 2.24) is 19.9 Å². The third-order valence-corrected chi connectivity index (χ3v) is 4.05. The summed E-state index contributed by atoms with van der Waals surface area (Å²) in [4.78, 5) is 26.0. The minimum Gasteiger partial charge on any atom is -0.367 e. The fraction of sp³-hybridized carbons (Fsp3) is 0.385. The van der Waals surface area contributed by atoms with Crippen LogP contribution in [-0.4, -0.2) is 45.0 Å². The van der Waals surface area contributed by atoms with Crippen molar-refractivity contribution in [2.75, 3.05) is 23.7 Å². The van der Waals surface area contributed by atoms with Gasteiger partial charge in [0.25, 0.3) is 0 Å². The minimum atomic E-state index is -0.0783. The highest BCUT2D eigenvalue weighted by molar-refractivity contribution is 7.13. The van der Waals surface area contributed by atoms with Crippen LogP contribution in [-0.2, 0) is 0 Å². The maximum absolute atomic E-state index is 12.1. The van der Waals surface area contributed by atoms with E-state index in [0.717, 1.165) is 31.7 Å². The van der Waals surface area contributed by atoms with E-state index >= 15 is 0 Å². The fourth-order valence-electron chi connectivity index (χ4n) is 2.27. The van der Waals surface area contributed by atoms with Crippen LogP contribution in [0, 0.1) is 0 Å². The van der Waals surface area contributed by atoms with Crippen molar-refractivity contribution in [3.8, 4) is 0 Å². The van der Waals surface area contributed by atoms with Crippen molar-refractivity contribution in [1.29, 1.82) is 0 Å². The number of piperidine rings is 1. The van der Waals surface area contributed by atoms with Gasteiger partial charge in [0.05, 0.1) is 0 Å². The quantitative estimate of drug-likeness (QED) is 0.906. The van der Waals surface area contributed by atoms with Crippen LogP contribution in [0.25, 0.3) is 0 Å². The predicted molar refractivity (Wildman–Crippen MR) is 81.4 cm³/mol. The van der Waals surface area contributed by atoms with E-state index in [-0.39, 0.29) is 6.03 Å². The average Bonchev–Trinajstić information content (AvgIpc) is 3.02. The number of rotatable bonds is 3. The van der Waals surface area contributed by atoms with Gasteiger partial charge in [-0.25, -0.2) is 19.7 Å². The van der Waals surface area contributed by atoms with Crippen molar-refractivity contribution in [2.45, 2.75) is 18.9 Å². The van der Waals surface area contributed by atoms with Gasteiger partial charge < -0.3 is 10.2 Å². The Kier molecular flexibility index (Phi) is 4.25. The molecule has 110 valence electrons. The maximum Gasteiger partial charge on any atom is 0.323 e. The maximum atomic E-state index is 12.1. The normalized spacial score (nSPS) is 15.7. The fourth-order valence-corrected chi connectivity index (χ4v) is 2.79. The summed E-state index contributed by atoms with van der Waals surface area (Å²) in [6.45, 7) is 1.44. The van der Waals surface area contributed by atoms with Crippen LogP contribution in [0.2, 0.25) is 0 Å². The van der Waals surface area contributed by atoms with Gasteiger partial charge in [0, 0.05) is 36.9 Å². The standard InChI is InChI=1S/C13H16N6OS/c20-13(18-12-15-5-8-21-12)19-6-2-10(3-7-19)17-11-1-4-14-9-16-11/h1,4-5,8-10H,2-3,6-7H2,(H,14,16,17)(H,15,18,20). The molecule has 1 aliphatic heterocycles. The van der Waals surface area contributed by atoms with Gasteiger partial charge in [-0.2, -0.15) is 0 Å². The number of anilines is 2. The number of likely N-dealkylation sites (tertiary alicyclic amines) is 1. The number of urea groups is 1. The molecule has 7 nitrogen and oxygen atoms in total. The second kappa shape index (κ2) is 6.49. The highest BCUT2D eigenvalue weighted by atomic mass is 32.1. The summed E-state index contributed by atoms with van der Waals surface area (Å²) in [5, 5.41) is 8.66. The van der Waals surface area contributed by atoms with E-state index in [1.54, 1.807) is 12.4 Å². The highest BCUT2D eigenvalue weighted by Crippen LogP contribution is 2.17. The summed E-state index contributed by atoms with van der Waals surface area (Å²) in [6.07, 6.45) is 6.72. The first kappa shape index (κ1) is 13.7. The third-order valence-electron chi connectivity index (χ3n) is 3.36. The number of hydrogen-bond acceptors (Lipinski definition) is 6. The average molecular weight is 304 g/mol. The van der Waals surface area contributed by atoms with Gasteiger partial charge in [0.2, 0.25) is 0 Å². The Hall–Kier alpha value is -2.22. The molecule has 3 rings (SSSR count). The first-order valence-electron chi connectivity index (χ1n) is 6.79. The smallest absolute Gasteiger partial charge is 0.323 e. The Morgan fingerprint density at radius 2 is 2.14 bits per heavy atom. The van der Waals surface area contributed by atoms with Gasteiger partial charge in [0.1, 0.15) is 12.1 Å². The Labute approximate surface area is 126 Å². The second-order valence-electron chi connectivity index (χ2n) is 4.77. The van der Waals surface area contributed by atoms with Crippen molar-refractivity contribution in [3.63, 3.8) is 0 Å². The molecule has 0 saturated carbocycles.